The third-order valence-corrected chi connectivity index (χ3v) is 3.45. The molecule has 5 heteroatoms. The molecule has 0 aliphatic heterocycles. The van der Waals surface area contributed by atoms with Gasteiger partial charge in [-0.25, -0.2) is 9.97 Å². The summed E-state index contributed by atoms with van der Waals surface area (Å²) in [7, 11) is 0. The molecule has 0 atom stereocenters. The van der Waals surface area contributed by atoms with Gasteiger partial charge >= 0.3 is 0 Å². The lowest BCUT2D eigenvalue weighted by Gasteiger charge is -2.07. The summed E-state index contributed by atoms with van der Waals surface area (Å²) in [5.74, 6) is 0.737. The lowest BCUT2D eigenvalue weighted by Crippen LogP contribution is -2.16. The first-order valence-corrected chi connectivity index (χ1v) is 7.19. The van der Waals surface area contributed by atoms with Gasteiger partial charge in [-0.2, -0.15) is 0 Å². The molecule has 1 saturated carbocycles. The average molecular weight is 319 g/mol. The molecule has 0 unspecified atom stereocenters. The Balaban J connectivity index is 1.87. The number of aryl methyl sites for hydroxylation is 1. The van der Waals surface area contributed by atoms with E-state index in [0.29, 0.717) is 6.04 Å². The van der Waals surface area contributed by atoms with E-state index in [2.05, 4.69) is 36.2 Å². The molecule has 2 heterocycles. The molecule has 0 aromatic carbocycles. The van der Waals surface area contributed by atoms with Crippen LogP contribution in [0.2, 0.25) is 0 Å². The van der Waals surface area contributed by atoms with Crippen LogP contribution in [0.4, 0.5) is 0 Å². The minimum absolute atomic E-state index is 0.686. The van der Waals surface area contributed by atoms with Crippen molar-refractivity contribution in [3.05, 3.63) is 40.4 Å². The molecule has 19 heavy (non-hydrogen) atoms. The fourth-order valence-corrected chi connectivity index (χ4v) is 2.29. The smallest absolute Gasteiger partial charge is 0.161 e. The highest BCUT2D eigenvalue weighted by atomic mass is 79.9. The number of hydrogen-bond donors (Lipinski definition) is 1. The number of nitrogens with one attached hydrogen (secondary N) is 1. The summed E-state index contributed by atoms with van der Waals surface area (Å²) in [6, 6.07) is 4.70. The van der Waals surface area contributed by atoms with E-state index in [1.54, 1.807) is 12.4 Å². The van der Waals surface area contributed by atoms with Crippen LogP contribution < -0.4 is 5.32 Å². The van der Waals surface area contributed by atoms with Crippen LogP contribution in [-0.4, -0.2) is 21.0 Å². The van der Waals surface area contributed by atoms with Gasteiger partial charge in [0.2, 0.25) is 0 Å². The second-order valence-electron chi connectivity index (χ2n) is 4.87. The van der Waals surface area contributed by atoms with Crippen molar-refractivity contribution < 1.29 is 0 Å². The molecule has 1 aliphatic carbocycles. The molecular formula is C14H15BrN4. The predicted molar refractivity (Wildman–Crippen MR) is 77.6 cm³/mol. The highest BCUT2D eigenvalue weighted by Gasteiger charge is 2.20. The number of halogens is 1. The van der Waals surface area contributed by atoms with E-state index in [0.717, 1.165) is 33.8 Å². The molecule has 0 saturated heterocycles. The molecule has 0 radical (unpaired) electrons. The van der Waals surface area contributed by atoms with Crippen molar-refractivity contribution in [3.63, 3.8) is 0 Å². The summed E-state index contributed by atoms with van der Waals surface area (Å²) in [4.78, 5) is 13.3. The molecule has 1 N–H and O–H groups in total. The summed E-state index contributed by atoms with van der Waals surface area (Å²) >= 11 is 3.42. The Kier molecular flexibility index (Phi) is 3.57. The Morgan fingerprint density at radius 2 is 2.11 bits per heavy atom. The molecule has 0 spiro atoms. The van der Waals surface area contributed by atoms with Crippen molar-refractivity contribution in [1.82, 2.24) is 20.3 Å². The van der Waals surface area contributed by atoms with E-state index in [1.807, 2.05) is 19.1 Å². The summed E-state index contributed by atoms with van der Waals surface area (Å²) in [6.45, 7) is 2.81. The summed E-state index contributed by atoms with van der Waals surface area (Å²) in [5.41, 5.74) is 2.96. The monoisotopic (exact) mass is 318 g/mol. The van der Waals surface area contributed by atoms with Crippen LogP contribution in [0.5, 0.6) is 0 Å². The Morgan fingerprint density at radius 3 is 2.84 bits per heavy atom. The molecule has 2 aromatic heterocycles. The molecule has 3 rings (SSSR count). The van der Waals surface area contributed by atoms with Crippen molar-refractivity contribution >= 4 is 15.9 Å². The lowest BCUT2D eigenvalue weighted by molar-refractivity contribution is 0.672. The molecule has 4 nitrogen and oxygen atoms in total. The van der Waals surface area contributed by atoms with Crippen LogP contribution in [-0.2, 0) is 6.54 Å². The minimum Gasteiger partial charge on any atom is -0.308 e. The first kappa shape index (κ1) is 12.7. The van der Waals surface area contributed by atoms with E-state index in [-0.39, 0.29) is 0 Å². The molecule has 98 valence electrons. The maximum atomic E-state index is 4.61. The maximum Gasteiger partial charge on any atom is 0.161 e. The molecule has 0 bridgehead atoms. The van der Waals surface area contributed by atoms with Crippen LogP contribution in [0.1, 0.15) is 24.2 Å². The Labute approximate surface area is 120 Å². The quantitative estimate of drug-likeness (QED) is 0.941. The van der Waals surface area contributed by atoms with Crippen molar-refractivity contribution in [2.24, 2.45) is 0 Å². The van der Waals surface area contributed by atoms with Crippen LogP contribution in [0, 0.1) is 6.92 Å². The minimum atomic E-state index is 0.686. The first-order chi connectivity index (χ1) is 9.20. The fourth-order valence-electron chi connectivity index (χ4n) is 1.92. The van der Waals surface area contributed by atoms with Gasteiger partial charge in [0.15, 0.2) is 5.82 Å². The number of hydrogen-bond acceptors (Lipinski definition) is 4. The van der Waals surface area contributed by atoms with Gasteiger partial charge in [0, 0.05) is 40.7 Å². The topological polar surface area (TPSA) is 50.7 Å². The fraction of sp³-hybridized carbons (Fsp3) is 0.357. The Bertz CT molecular complexity index is 596. The molecular weight excluding hydrogens is 304 g/mol. The van der Waals surface area contributed by atoms with Crippen molar-refractivity contribution in [2.75, 3.05) is 0 Å². The van der Waals surface area contributed by atoms with Gasteiger partial charge in [-0.3, -0.25) is 4.98 Å². The van der Waals surface area contributed by atoms with Crippen LogP contribution >= 0.6 is 15.9 Å². The van der Waals surface area contributed by atoms with Gasteiger partial charge in [-0.1, -0.05) is 0 Å². The normalized spacial score (nSPS) is 14.6. The highest BCUT2D eigenvalue weighted by molar-refractivity contribution is 9.10. The summed E-state index contributed by atoms with van der Waals surface area (Å²) in [6.07, 6.45) is 6.12. The van der Waals surface area contributed by atoms with E-state index in [4.69, 9.17) is 0 Å². The molecule has 1 aliphatic rings. The second kappa shape index (κ2) is 5.35. The summed E-state index contributed by atoms with van der Waals surface area (Å²) < 4.78 is 0.938. The molecule has 1 fully saturated rings. The van der Waals surface area contributed by atoms with E-state index in [1.165, 1.54) is 12.8 Å². The zero-order valence-electron chi connectivity index (χ0n) is 10.7. The largest absolute Gasteiger partial charge is 0.308 e. The Hall–Kier alpha value is -1.33. The third-order valence-electron chi connectivity index (χ3n) is 3.02. The number of pyridine rings is 1. The maximum absolute atomic E-state index is 4.61. The van der Waals surface area contributed by atoms with Crippen molar-refractivity contribution in [1.29, 1.82) is 0 Å². The van der Waals surface area contributed by atoms with E-state index < -0.39 is 0 Å². The lowest BCUT2D eigenvalue weighted by atomic mass is 10.2. The highest BCUT2D eigenvalue weighted by Crippen LogP contribution is 2.21. The van der Waals surface area contributed by atoms with Gasteiger partial charge in [-0.05, 0) is 47.8 Å². The van der Waals surface area contributed by atoms with Crippen molar-refractivity contribution in [2.45, 2.75) is 32.4 Å². The Morgan fingerprint density at radius 1 is 1.26 bits per heavy atom. The third kappa shape index (κ3) is 3.36. The standard InChI is InChI=1S/C14H15BrN4/c1-9-4-13(8-17-12-2-3-12)19-14(18-9)10-5-11(15)7-16-6-10/h4-7,12,17H,2-3,8H2,1H3. The van der Waals surface area contributed by atoms with Crippen LogP contribution in [0.25, 0.3) is 11.4 Å². The second-order valence-corrected chi connectivity index (χ2v) is 5.79. The molecule has 0 amide bonds. The van der Waals surface area contributed by atoms with Gasteiger partial charge in [0.1, 0.15) is 0 Å². The van der Waals surface area contributed by atoms with E-state index >= 15 is 0 Å². The zero-order chi connectivity index (χ0) is 13.2. The number of rotatable bonds is 4. The summed E-state index contributed by atoms with van der Waals surface area (Å²) in [5, 5.41) is 3.47. The average Bonchev–Trinajstić information content (AvgIpc) is 3.20. The molecule has 2 aromatic rings. The SMILES string of the molecule is Cc1cc(CNC2CC2)nc(-c2cncc(Br)c2)n1. The first-order valence-electron chi connectivity index (χ1n) is 6.39. The number of nitrogens with zero attached hydrogens (tertiary/aromatic N) is 3. The van der Waals surface area contributed by atoms with Gasteiger partial charge < -0.3 is 5.32 Å². The zero-order valence-corrected chi connectivity index (χ0v) is 12.3. The predicted octanol–water partition coefficient (Wildman–Crippen LogP) is 2.86. The van der Waals surface area contributed by atoms with Gasteiger partial charge in [0.25, 0.3) is 0 Å². The van der Waals surface area contributed by atoms with Crippen LogP contribution in [0.3, 0.4) is 0 Å². The van der Waals surface area contributed by atoms with Gasteiger partial charge in [-0.15, -0.1) is 0 Å². The van der Waals surface area contributed by atoms with Crippen molar-refractivity contribution in [3.8, 4) is 11.4 Å². The number of aromatic nitrogens is 3. The van der Waals surface area contributed by atoms with Crippen LogP contribution in [0.15, 0.2) is 29.0 Å². The van der Waals surface area contributed by atoms with Gasteiger partial charge in [0.05, 0.1) is 5.69 Å². The van der Waals surface area contributed by atoms with E-state index in [9.17, 15) is 0 Å².